The lowest BCUT2D eigenvalue weighted by atomic mass is 9.89. The Morgan fingerprint density at radius 3 is 2.95 bits per heavy atom. The Labute approximate surface area is 127 Å². The molecule has 1 unspecified atom stereocenters. The number of rotatable bonds is 5. The number of amides is 1. The van der Waals surface area contributed by atoms with Gasteiger partial charge in [0.2, 0.25) is 5.91 Å². The number of nitrogens with one attached hydrogen (secondary N) is 1. The molecule has 1 aromatic rings. The fraction of sp³-hybridized carbons (Fsp3) is 0.647. The number of nitrogens with zero attached hydrogens (tertiary/aromatic N) is 2. The first-order valence-corrected chi connectivity index (χ1v) is 7.95. The lowest BCUT2D eigenvalue weighted by Crippen LogP contribution is -2.45. The summed E-state index contributed by atoms with van der Waals surface area (Å²) in [6, 6.07) is 5.93. The van der Waals surface area contributed by atoms with Crippen LogP contribution in [-0.2, 0) is 4.79 Å². The molecule has 1 fully saturated rings. The van der Waals surface area contributed by atoms with Gasteiger partial charge in [-0.1, -0.05) is 26.8 Å². The molecule has 1 aliphatic rings. The summed E-state index contributed by atoms with van der Waals surface area (Å²) in [5.74, 6) is 1.24. The predicted molar refractivity (Wildman–Crippen MR) is 86.3 cm³/mol. The number of hydrogen-bond acceptors (Lipinski definition) is 3. The highest BCUT2D eigenvalue weighted by Crippen LogP contribution is 2.22. The van der Waals surface area contributed by atoms with Gasteiger partial charge in [0, 0.05) is 25.8 Å². The Balaban J connectivity index is 1.90. The lowest BCUT2D eigenvalue weighted by Gasteiger charge is -2.33. The Morgan fingerprint density at radius 2 is 2.29 bits per heavy atom. The van der Waals surface area contributed by atoms with Crippen molar-refractivity contribution in [3.05, 3.63) is 24.4 Å². The number of carbonyl (C=O) groups is 1. The number of anilines is 1. The van der Waals surface area contributed by atoms with Crippen LogP contribution in [0.5, 0.6) is 0 Å². The van der Waals surface area contributed by atoms with Gasteiger partial charge in [0.1, 0.15) is 5.82 Å². The first-order chi connectivity index (χ1) is 10.0. The van der Waals surface area contributed by atoms with E-state index in [4.69, 9.17) is 0 Å². The SMILES string of the molecule is CCC(C)(C)CNC(=O)C1CCCN(c2ccccn2)C1. The van der Waals surface area contributed by atoms with Crippen LogP contribution in [0.1, 0.15) is 40.0 Å². The first-order valence-electron chi connectivity index (χ1n) is 7.95. The minimum absolute atomic E-state index is 0.0772. The van der Waals surface area contributed by atoms with E-state index in [1.54, 1.807) is 0 Å². The van der Waals surface area contributed by atoms with Crippen molar-refractivity contribution < 1.29 is 4.79 Å². The molecule has 0 aromatic carbocycles. The normalized spacial score (nSPS) is 19.4. The van der Waals surface area contributed by atoms with Crippen LogP contribution < -0.4 is 10.2 Å². The zero-order valence-electron chi connectivity index (χ0n) is 13.4. The van der Waals surface area contributed by atoms with Crippen molar-refractivity contribution in [3.8, 4) is 0 Å². The number of carbonyl (C=O) groups excluding carboxylic acids is 1. The van der Waals surface area contributed by atoms with Gasteiger partial charge in [-0.25, -0.2) is 4.98 Å². The van der Waals surface area contributed by atoms with Gasteiger partial charge in [-0.3, -0.25) is 4.79 Å². The molecule has 1 saturated heterocycles. The van der Waals surface area contributed by atoms with Crippen LogP contribution in [0, 0.1) is 11.3 Å². The molecule has 4 nitrogen and oxygen atoms in total. The third-order valence-corrected chi connectivity index (χ3v) is 4.46. The Bertz CT molecular complexity index is 458. The fourth-order valence-corrected chi connectivity index (χ4v) is 2.54. The van der Waals surface area contributed by atoms with E-state index >= 15 is 0 Å². The number of hydrogen-bond donors (Lipinski definition) is 1. The van der Waals surface area contributed by atoms with Crippen LogP contribution in [-0.4, -0.2) is 30.5 Å². The maximum absolute atomic E-state index is 12.4. The van der Waals surface area contributed by atoms with Crippen molar-refractivity contribution in [2.45, 2.75) is 40.0 Å². The van der Waals surface area contributed by atoms with Crippen molar-refractivity contribution in [3.63, 3.8) is 0 Å². The fourth-order valence-electron chi connectivity index (χ4n) is 2.54. The number of aromatic nitrogens is 1. The van der Waals surface area contributed by atoms with Crippen LogP contribution in [0.15, 0.2) is 24.4 Å². The van der Waals surface area contributed by atoms with E-state index in [0.29, 0.717) is 0 Å². The molecule has 21 heavy (non-hydrogen) atoms. The Kier molecular flexibility index (Phi) is 5.21. The Morgan fingerprint density at radius 1 is 1.48 bits per heavy atom. The highest BCUT2D eigenvalue weighted by atomic mass is 16.1. The minimum Gasteiger partial charge on any atom is -0.356 e. The summed E-state index contributed by atoms with van der Waals surface area (Å²) >= 11 is 0. The topological polar surface area (TPSA) is 45.2 Å². The van der Waals surface area contributed by atoms with Crippen LogP contribution in [0.4, 0.5) is 5.82 Å². The second kappa shape index (κ2) is 6.92. The molecular weight excluding hydrogens is 262 g/mol. The first kappa shape index (κ1) is 15.8. The van der Waals surface area contributed by atoms with Gasteiger partial charge in [0.25, 0.3) is 0 Å². The monoisotopic (exact) mass is 289 g/mol. The third kappa shape index (κ3) is 4.45. The van der Waals surface area contributed by atoms with E-state index < -0.39 is 0 Å². The summed E-state index contributed by atoms with van der Waals surface area (Å²) < 4.78 is 0. The smallest absolute Gasteiger partial charge is 0.224 e. The van der Waals surface area contributed by atoms with Gasteiger partial charge < -0.3 is 10.2 Å². The van der Waals surface area contributed by atoms with Crippen molar-refractivity contribution in [1.29, 1.82) is 0 Å². The summed E-state index contributed by atoms with van der Waals surface area (Å²) in [6.45, 7) is 9.05. The zero-order valence-corrected chi connectivity index (χ0v) is 13.4. The van der Waals surface area contributed by atoms with E-state index in [9.17, 15) is 4.79 Å². The minimum atomic E-state index is 0.0772. The molecule has 0 bridgehead atoms. The molecule has 4 heteroatoms. The molecule has 2 rings (SSSR count). The second-order valence-corrected chi connectivity index (χ2v) is 6.71. The molecule has 0 saturated carbocycles. The van der Waals surface area contributed by atoms with E-state index in [2.05, 4.69) is 36.0 Å². The standard InChI is InChI=1S/C17H27N3O/c1-4-17(2,3)13-19-16(21)14-8-7-11-20(12-14)15-9-5-6-10-18-15/h5-6,9-10,14H,4,7-8,11-13H2,1-3H3,(H,19,21). The molecule has 0 spiro atoms. The zero-order chi connectivity index (χ0) is 15.3. The second-order valence-electron chi connectivity index (χ2n) is 6.71. The van der Waals surface area contributed by atoms with Gasteiger partial charge >= 0.3 is 0 Å². The van der Waals surface area contributed by atoms with Gasteiger partial charge in [-0.05, 0) is 36.8 Å². The summed E-state index contributed by atoms with van der Waals surface area (Å²) in [6.07, 6.45) is 4.90. The molecule has 1 N–H and O–H groups in total. The van der Waals surface area contributed by atoms with E-state index in [-0.39, 0.29) is 17.2 Å². The molecule has 1 aliphatic heterocycles. The van der Waals surface area contributed by atoms with Crippen molar-refractivity contribution in [1.82, 2.24) is 10.3 Å². The Hall–Kier alpha value is -1.58. The van der Waals surface area contributed by atoms with E-state index in [0.717, 1.165) is 44.7 Å². The largest absolute Gasteiger partial charge is 0.356 e. The molecule has 1 atom stereocenters. The van der Waals surface area contributed by atoms with Gasteiger partial charge in [-0.2, -0.15) is 0 Å². The summed E-state index contributed by atoms with van der Waals surface area (Å²) in [5, 5.41) is 3.13. The molecule has 1 amide bonds. The third-order valence-electron chi connectivity index (χ3n) is 4.46. The molecule has 116 valence electrons. The van der Waals surface area contributed by atoms with Gasteiger partial charge in [-0.15, -0.1) is 0 Å². The van der Waals surface area contributed by atoms with E-state index in [1.807, 2.05) is 24.4 Å². The van der Waals surface area contributed by atoms with Crippen LogP contribution in [0.3, 0.4) is 0 Å². The van der Waals surface area contributed by atoms with Crippen molar-refractivity contribution in [2.75, 3.05) is 24.5 Å². The van der Waals surface area contributed by atoms with Crippen LogP contribution in [0.2, 0.25) is 0 Å². The van der Waals surface area contributed by atoms with Gasteiger partial charge in [0.05, 0.1) is 5.92 Å². The molecule has 0 radical (unpaired) electrons. The highest BCUT2D eigenvalue weighted by Gasteiger charge is 2.27. The molecule has 1 aromatic heterocycles. The molecule has 2 heterocycles. The average molecular weight is 289 g/mol. The summed E-state index contributed by atoms with van der Waals surface area (Å²) in [4.78, 5) is 19.0. The van der Waals surface area contributed by atoms with Gasteiger partial charge in [0.15, 0.2) is 0 Å². The van der Waals surface area contributed by atoms with E-state index in [1.165, 1.54) is 0 Å². The summed E-state index contributed by atoms with van der Waals surface area (Å²) in [7, 11) is 0. The molecule has 0 aliphatic carbocycles. The predicted octanol–water partition coefficient (Wildman–Crippen LogP) is 2.85. The quantitative estimate of drug-likeness (QED) is 0.906. The maximum Gasteiger partial charge on any atom is 0.224 e. The lowest BCUT2D eigenvalue weighted by molar-refractivity contribution is -0.125. The molecular formula is C17H27N3O. The van der Waals surface area contributed by atoms with Crippen molar-refractivity contribution >= 4 is 11.7 Å². The number of piperidine rings is 1. The van der Waals surface area contributed by atoms with Crippen LogP contribution in [0.25, 0.3) is 0 Å². The summed E-state index contributed by atoms with van der Waals surface area (Å²) in [5.41, 5.74) is 0.172. The van der Waals surface area contributed by atoms with Crippen molar-refractivity contribution in [2.24, 2.45) is 11.3 Å². The number of pyridine rings is 1. The average Bonchev–Trinajstić information content (AvgIpc) is 2.53. The highest BCUT2D eigenvalue weighted by molar-refractivity contribution is 5.79. The van der Waals surface area contributed by atoms with Crippen LogP contribution >= 0.6 is 0 Å². The maximum atomic E-state index is 12.4.